The van der Waals surface area contributed by atoms with Crippen LogP contribution in [-0.2, 0) is 4.74 Å². The number of amides is 1. The molecule has 0 aliphatic heterocycles. The molecule has 0 unspecified atom stereocenters. The molecular formula is C12H14F3NO3. The number of hydrogen-bond donors (Lipinski definition) is 2. The predicted octanol–water partition coefficient (Wildman–Crippen LogP) is 1.96. The van der Waals surface area contributed by atoms with Gasteiger partial charge in [0.15, 0.2) is 17.4 Å². The van der Waals surface area contributed by atoms with Crippen molar-refractivity contribution in [2.75, 3.05) is 13.7 Å². The molecule has 0 aliphatic rings. The van der Waals surface area contributed by atoms with Gasteiger partial charge in [-0.1, -0.05) is 0 Å². The Kier molecular flexibility index (Phi) is 5.17. The lowest BCUT2D eigenvalue weighted by atomic mass is 10.1. The SMILES string of the molecule is COCC[C@H](C)NC(=O)c1cc(F)c(F)c(O)c1F. The first-order valence-corrected chi connectivity index (χ1v) is 5.54. The number of hydrogen-bond acceptors (Lipinski definition) is 3. The van der Waals surface area contributed by atoms with Crippen LogP contribution in [0.4, 0.5) is 13.2 Å². The van der Waals surface area contributed by atoms with Crippen LogP contribution in [-0.4, -0.2) is 30.8 Å². The Labute approximate surface area is 108 Å². The number of nitrogens with one attached hydrogen (secondary N) is 1. The zero-order valence-corrected chi connectivity index (χ0v) is 10.5. The number of carbonyl (C=O) groups excluding carboxylic acids is 1. The van der Waals surface area contributed by atoms with Crippen molar-refractivity contribution in [3.05, 3.63) is 29.1 Å². The lowest BCUT2D eigenvalue weighted by molar-refractivity contribution is 0.0923. The number of rotatable bonds is 5. The number of phenols is 1. The molecule has 1 atom stereocenters. The third kappa shape index (κ3) is 3.60. The van der Waals surface area contributed by atoms with Crippen molar-refractivity contribution in [3.63, 3.8) is 0 Å². The molecule has 7 heteroatoms. The summed E-state index contributed by atoms with van der Waals surface area (Å²) in [5.41, 5.74) is -0.749. The van der Waals surface area contributed by atoms with Crippen LogP contribution in [0.3, 0.4) is 0 Å². The smallest absolute Gasteiger partial charge is 0.254 e. The zero-order chi connectivity index (χ0) is 14.6. The van der Waals surface area contributed by atoms with E-state index in [0.717, 1.165) is 0 Å². The molecule has 2 N–H and O–H groups in total. The first-order chi connectivity index (χ1) is 8.88. The molecule has 0 saturated carbocycles. The van der Waals surface area contributed by atoms with Gasteiger partial charge in [0.25, 0.3) is 5.91 Å². The van der Waals surface area contributed by atoms with Gasteiger partial charge >= 0.3 is 0 Å². The number of phenolic OH excluding ortho intramolecular Hbond substituents is 1. The second-order valence-corrected chi connectivity index (χ2v) is 4.04. The van der Waals surface area contributed by atoms with Crippen LogP contribution >= 0.6 is 0 Å². The number of ether oxygens (including phenoxy) is 1. The maximum Gasteiger partial charge on any atom is 0.254 e. The normalized spacial score (nSPS) is 12.3. The van der Waals surface area contributed by atoms with Crippen LogP contribution < -0.4 is 5.32 Å². The molecule has 19 heavy (non-hydrogen) atoms. The third-order valence-corrected chi connectivity index (χ3v) is 2.51. The average Bonchev–Trinajstić information content (AvgIpc) is 2.37. The summed E-state index contributed by atoms with van der Waals surface area (Å²) in [6.07, 6.45) is 0.472. The molecule has 0 bridgehead atoms. The van der Waals surface area contributed by atoms with Gasteiger partial charge in [0.1, 0.15) is 0 Å². The number of carbonyl (C=O) groups is 1. The molecule has 1 aromatic rings. The summed E-state index contributed by atoms with van der Waals surface area (Å²) in [6.45, 7) is 2.03. The van der Waals surface area contributed by atoms with E-state index in [1.807, 2.05) is 0 Å². The molecule has 1 amide bonds. The molecule has 0 spiro atoms. The molecule has 0 heterocycles. The summed E-state index contributed by atoms with van der Waals surface area (Å²) in [5, 5.41) is 11.4. The molecule has 106 valence electrons. The minimum Gasteiger partial charge on any atom is -0.503 e. The standard InChI is InChI=1S/C12H14F3NO3/c1-6(3-4-19-2)16-12(18)7-5-8(13)10(15)11(17)9(7)14/h5-6,17H,3-4H2,1-2H3,(H,16,18)/t6-/m0/s1. The maximum atomic E-state index is 13.5. The molecule has 1 rings (SSSR count). The van der Waals surface area contributed by atoms with Gasteiger partial charge < -0.3 is 15.2 Å². The van der Waals surface area contributed by atoms with E-state index in [2.05, 4.69) is 5.32 Å². The molecule has 1 aromatic carbocycles. The average molecular weight is 277 g/mol. The number of halogens is 3. The fourth-order valence-corrected chi connectivity index (χ4v) is 1.42. The van der Waals surface area contributed by atoms with Crippen molar-refractivity contribution >= 4 is 5.91 Å². The van der Waals surface area contributed by atoms with Gasteiger partial charge in [-0.05, 0) is 19.4 Å². The van der Waals surface area contributed by atoms with Crippen LogP contribution in [0.1, 0.15) is 23.7 Å². The van der Waals surface area contributed by atoms with Crippen molar-refractivity contribution in [2.45, 2.75) is 19.4 Å². The van der Waals surface area contributed by atoms with E-state index in [0.29, 0.717) is 19.1 Å². The van der Waals surface area contributed by atoms with Gasteiger partial charge in [-0.2, -0.15) is 4.39 Å². The molecule has 0 aromatic heterocycles. The Bertz CT molecular complexity index is 480. The molecule has 0 aliphatic carbocycles. The summed E-state index contributed by atoms with van der Waals surface area (Å²) < 4.78 is 44.1. The van der Waals surface area contributed by atoms with E-state index in [1.165, 1.54) is 7.11 Å². The minimum absolute atomic E-state index is 0.345. The lowest BCUT2D eigenvalue weighted by Gasteiger charge is -2.14. The van der Waals surface area contributed by atoms with Crippen molar-refractivity contribution < 1.29 is 27.8 Å². The van der Waals surface area contributed by atoms with Gasteiger partial charge in [-0.15, -0.1) is 0 Å². The topological polar surface area (TPSA) is 58.6 Å². The van der Waals surface area contributed by atoms with Crippen LogP contribution in [0, 0.1) is 17.5 Å². The fraction of sp³-hybridized carbons (Fsp3) is 0.417. The van der Waals surface area contributed by atoms with Crippen molar-refractivity contribution in [1.29, 1.82) is 0 Å². The molecule has 0 saturated heterocycles. The van der Waals surface area contributed by atoms with Crippen LogP contribution in [0.5, 0.6) is 5.75 Å². The van der Waals surface area contributed by atoms with E-state index < -0.39 is 34.7 Å². The molecule has 0 fully saturated rings. The monoisotopic (exact) mass is 277 g/mol. The van der Waals surface area contributed by atoms with E-state index in [9.17, 15) is 18.0 Å². The van der Waals surface area contributed by atoms with Gasteiger partial charge in [0, 0.05) is 19.8 Å². The Hall–Kier alpha value is -1.76. The van der Waals surface area contributed by atoms with E-state index in [1.54, 1.807) is 6.92 Å². The molecule has 4 nitrogen and oxygen atoms in total. The highest BCUT2D eigenvalue weighted by atomic mass is 19.2. The molecular weight excluding hydrogens is 263 g/mol. The van der Waals surface area contributed by atoms with Gasteiger partial charge in [-0.25, -0.2) is 8.78 Å². The van der Waals surface area contributed by atoms with E-state index >= 15 is 0 Å². The minimum atomic E-state index is -1.72. The largest absolute Gasteiger partial charge is 0.503 e. The van der Waals surface area contributed by atoms with Crippen molar-refractivity contribution in [1.82, 2.24) is 5.32 Å². The summed E-state index contributed by atoms with van der Waals surface area (Å²) in [6, 6.07) is 0.0602. The summed E-state index contributed by atoms with van der Waals surface area (Å²) >= 11 is 0. The van der Waals surface area contributed by atoms with Crippen molar-refractivity contribution in [3.8, 4) is 5.75 Å². The number of methoxy groups -OCH3 is 1. The Balaban J connectivity index is 2.89. The predicted molar refractivity (Wildman–Crippen MR) is 61.4 cm³/mol. The Morgan fingerprint density at radius 1 is 1.42 bits per heavy atom. The van der Waals surface area contributed by atoms with Crippen molar-refractivity contribution in [2.24, 2.45) is 0 Å². The van der Waals surface area contributed by atoms with Gasteiger partial charge in [-0.3, -0.25) is 4.79 Å². The van der Waals surface area contributed by atoms with Crippen LogP contribution in [0.25, 0.3) is 0 Å². The molecule has 0 radical (unpaired) electrons. The highest BCUT2D eigenvalue weighted by Crippen LogP contribution is 2.25. The first kappa shape index (κ1) is 15.3. The first-order valence-electron chi connectivity index (χ1n) is 5.54. The second kappa shape index (κ2) is 6.42. The van der Waals surface area contributed by atoms with Gasteiger partial charge in [0.05, 0.1) is 5.56 Å². The highest BCUT2D eigenvalue weighted by molar-refractivity contribution is 5.95. The van der Waals surface area contributed by atoms with Gasteiger partial charge in [0.2, 0.25) is 5.82 Å². The Morgan fingerprint density at radius 2 is 2.05 bits per heavy atom. The van der Waals surface area contributed by atoms with Crippen LogP contribution in [0.15, 0.2) is 6.07 Å². The Morgan fingerprint density at radius 3 is 2.63 bits per heavy atom. The summed E-state index contributed by atoms with van der Waals surface area (Å²) in [7, 11) is 1.49. The van der Waals surface area contributed by atoms with E-state index in [4.69, 9.17) is 9.84 Å². The second-order valence-electron chi connectivity index (χ2n) is 4.04. The summed E-state index contributed by atoms with van der Waals surface area (Å²) in [4.78, 5) is 11.7. The maximum absolute atomic E-state index is 13.5. The number of aromatic hydroxyl groups is 1. The summed E-state index contributed by atoms with van der Waals surface area (Å²) in [5.74, 6) is -7.14. The third-order valence-electron chi connectivity index (χ3n) is 2.51. The quantitative estimate of drug-likeness (QED) is 0.809. The zero-order valence-electron chi connectivity index (χ0n) is 10.5. The highest BCUT2D eigenvalue weighted by Gasteiger charge is 2.23. The fourth-order valence-electron chi connectivity index (χ4n) is 1.42. The van der Waals surface area contributed by atoms with Crippen LogP contribution in [0.2, 0.25) is 0 Å². The number of benzene rings is 1. The lowest BCUT2D eigenvalue weighted by Crippen LogP contribution is -2.34. The van der Waals surface area contributed by atoms with E-state index in [-0.39, 0.29) is 6.04 Å².